The predicted molar refractivity (Wildman–Crippen MR) is 61.1 cm³/mol. The zero-order chi connectivity index (χ0) is 11.5. The summed E-state index contributed by atoms with van der Waals surface area (Å²) < 4.78 is 7.55. The SMILES string of the molecule is CCn1ccnc1CC(O)C1CCOC1C. The van der Waals surface area contributed by atoms with Crippen molar-refractivity contribution >= 4 is 0 Å². The van der Waals surface area contributed by atoms with Gasteiger partial charge in [-0.2, -0.15) is 0 Å². The fraction of sp³-hybridized carbons (Fsp3) is 0.750. The molecule has 0 radical (unpaired) electrons. The van der Waals surface area contributed by atoms with Crippen molar-refractivity contribution in [1.82, 2.24) is 9.55 Å². The minimum Gasteiger partial charge on any atom is -0.392 e. The average molecular weight is 224 g/mol. The highest BCUT2D eigenvalue weighted by molar-refractivity contribution is 4.96. The molecule has 0 aromatic carbocycles. The van der Waals surface area contributed by atoms with Gasteiger partial charge in [-0.15, -0.1) is 0 Å². The van der Waals surface area contributed by atoms with E-state index in [1.807, 2.05) is 13.1 Å². The molecule has 1 aromatic heterocycles. The minimum absolute atomic E-state index is 0.167. The van der Waals surface area contributed by atoms with Crippen molar-refractivity contribution in [2.75, 3.05) is 6.61 Å². The number of ether oxygens (including phenoxy) is 1. The molecule has 90 valence electrons. The molecule has 0 saturated carbocycles. The molecule has 1 fully saturated rings. The van der Waals surface area contributed by atoms with Gasteiger partial charge < -0.3 is 14.4 Å². The van der Waals surface area contributed by atoms with E-state index in [1.54, 1.807) is 6.20 Å². The number of rotatable bonds is 4. The van der Waals surface area contributed by atoms with Gasteiger partial charge in [0.05, 0.1) is 12.2 Å². The van der Waals surface area contributed by atoms with E-state index in [-0.39, 0.29) is 18.1 Å². The quantitative estimate of drug-likeness (QED) is 0.836. The third-order valence-electron chi connectivity index (χ3n) is 3.46. The highest BCUT2D eigenvalue weighted by Crippen LogP contribution is 2.25. The van der Waals surface area contributed by atoms with Crippen LogP contribution in [0.5, 0.6) is 0 Å². The van der Waals surface area contributed by atoms with E-state index >= 15 is 0 Å². The molecule has 4 nitrogen and oxygen atoms in total. The van der Waals surface area contributed by atoms with Gasteiger partial charge in [0.15, 0.2) is 0 Å². The summed E-state index contributed by atoms with van der Waals surface area (Å²) in [4.78, 5) is 4.29. The second kappa shape index (κ2) is 4.97. The summed E-state index contributed by atoms with van der Waals surface area (Å²) in [6, 6.07) is 0. The monoisotopic (exact) mass is 224 g/mol. The number of imidazole rings is 1. The Hall–Kier alpha value is -0.870. The summed E-state index contributed by atoms with van der Waals surface area (Å²) >= 11 is 0. The smallest absolute Gasteiger partial charge is 0.111 e. The zero-order valence-corrected chi connectivity index (χ0v) is 9.97. The summed E-state index contributed by atoms with van der Waals surface area (Å²) in [6.07, 6.45) is 5.15. The van der Waals surface area contributed by atoms with Crippen LogP contribution in [0.1, 0.15) is 26.1 Å². The number of aliphatic hydroxyl groups excluding tert-OH is 1. The molecule has 1 aliphatic rings. The third-order valence-corrected chi connectivity index (χ3v) is 3.46. The minimum atomic E-state index is -0.342. The van der Waals surface area contributed by atoms with E-state index in [9.17, 15) is 5.11 Å². The molecule has 3 atom stereocenters. The first-order chi connectivity index (χ1) is 7.72. The molecule has 4 heteroatoms. The molecular formula is C12H20N2O2. The Morgan fingerprint density at radius 3 is 3.12 bits per heavy atom. The summed E-state index contributed by atoms with van der Waals surface area (Å²) in [5, 5.41) is 10.2. The molecule has 3 unspecified atom stereocenters. The molecule has 2 heterocycles. The summed E-state index contributed by atoms with van der Waals surface area (Å²) in [5.41, 5.74) is 0. The lowest BCUT2D eigenvalue weighted by Crippen LogP contribution is -2.29. The van der Waals surface area contributed by atoms with E-state index in [2.05, 4.69) is 16.5 Å². The third kappa shape index (κ3) is 2.28. The van der Waals surface area contributed by atoms with Gasteiger partial charge in [0.25, 0.3) is 0 Å². The van der Waals surface area contributed by atoms with Crippen LogP contribution in [0.3, 0.4) is 0 Å². The van der Waals surface area contributed by atoms with Crippen molar-refractivity contribution in [3.05, 3.63) is 18.2 Å². The largest absolute Gasteiger partial charge is 0.392 e. The highest BCUT2D eigenvalue weighted by atomic mass is 16.5. The maximum absolute atomic E-state index is 10.2. The van der Waals surface area contributed by atoms with Gasteiger partial charge >= 0.3 is 0 Å². The summed E-state index contributed by atoms with van der Waals surface area (Å²) in [7, 11) is 0. The fourth-order valence-corrected chi connectivity index (χ4v) is 2.41. The van der Waals surface area contributed by atoms with Gasteiger partial charge in [-0.05, 0) is 20.3 Å². The van der Waals surface area contributed by atoms with E-state index in [1.165, 1.54) is 0 Å². The van der Waals surface area contributed by atoms with Crippen LogP contribution in [-0.4, -0.2) is 33.5 Å². The average Bonchev–Trinajstić information content (AvgIpc) is 2.86. The van der Waals surface area contributed by atoms with Crippen molar-refractivity contribution in [2.45, 2.75) is 45.4 Å². The lowest BCUT2D eigenvalue weighted by Gasteiger charge is -2.20. The van der Waals surface area contributed by atoms with Crippen LogP contribution in [0.25, 0.3) is 0 Å². The Kier molecular flexibility index (Phi) is 3.61. The molecule has 1 N–H and O–H groups in total. The number of nitrogens with zero attached hydrogens (tertiary/aromatic N) is 2. The van der Waals surface area contributed by atoms with E-state index in [0.717, 1.165) is 25.4 Å². The lowest BCUT2D eigenvalue weighted by molar-refractivity contribution is 0.0428. The van der Waals surface area contributed by atoms with Crippen LogP contribution >= 0.6 is 0 Å². The molecular weight excluding hydrogens is 204 g/mol. The normalized spacial score (nSPS) is 27.2. The first-order valence-corrected chi connectivity index (χ1v) is 6.02. The second-order valence-corrected chi connectivity index (χ2v) is 4.43. The molecule has 2 rings (SSSR count). The van der Waals surface area contributed by atoms with Gasteiger partial charge in [0.2, 0.25) is 0 Å². The Labute approximate surface area is 96.3 Å². The Morgan fingerprint density at radius 2 is 2.50 bits per heavy atom. The number of hydrogen-bond donors (Lipinski definition) is 1. The molecule has 1 aliphatic heterocycles. The molecule has 1 saturated heterocycles. The first-order valence-electron chi connectivity index (χ1n) is 6.02. The summed E-state index contributed by atoms with van der Waals surface area (Å²) in [6.45, 7) is 5.79. The van der Waals surface area contributed by atoms with Crippen LogP contribution in [-0.2, 0) is 17.7 Å². The van der Waals surface area contributed by atoms with Crippen molar-refractivity contribution in [2.24, 2.45) is 5.92 Å². The molecule has 0 aliphatic carbocycles. The number of aryl methyl sites for hydroxylation is 1. The van der Waals surface area contributed by atoms with Crippen molar-refractivity contribution in [3.8, 4) is 0 Å². The van der Waals surface area contributed by atoms with E-state index < -0.39 is 0 Å². The topological polar surface area (TPSA) is 47.3 Å². The first kappa shape index (κ1) is 11.6. The van der Waals surface area contributed by atoms with Crippen molar-refractivity contribution < 1.29 is 9.84 Å². The molecule has 0 bridgehead atoms. The van der Waals surface area contributed by atoms with Crippen LogP contribution in [0.2, 0.25) is 0 Å². The molecule has 0 amide bonds. The number of aromatic nitrogens is 2. The maximum Gasteiger partial charge on any atom is 0.111 e. The van der Waals surface area contributed by atoms with Crippen LogP contribution in [0.4, 0.5) is 0 Å². The van der Waals surface area contributed by atoms with Crippen LogP contribution in [0, 0.1) is 5.92 Å². The Balaban J connectivity index is 1.98. The van der Waals surface area contributed by atoms with Gasteiger partial charge in [0.1, 0.15) is 5.82 Å². The number of aliphatic hydroxyl groups is 1. The highest BCUT2D eigenvalue weighted by Gasteiger charge is 2.31. The van der Waals surface area contributed by atoms with Gasteiger partial charge in [-0.3, -0.25) is 0 Å². The van der Waals surface area contributed by atoms with E-state index in [4.69, 9.17) is 4.74 Å². The van der Waals surface area contributed by atoms with Gasteiger partial charge in [0, 0.05) is 37.9 Å². The predicted octanol–water partition coefficient (Wildman–Crippen LogP) is 1.23. The Morgan fingerprint density at radius 1 is 1.69 bits per heavy atom. The molecule has 0 spiro atoms. The maximum atomic E-state index is 10.2. The lowest BCUT2D eigenvalue weighted by atomic mass is 9.93. The van der Waals surface area contributed by atoms with Crippen molar-refractivity contribution in [3.63, 3.8) is 0 Å². The standard InChI is InChI=1S/C12H20N2O2/c1-3-14-6-5-13-12(14)8-11(15)10-4-7-16-9(10)2/h5-6,9-11,15H,3-4,7-8H2,1-2H3. The summed E-state index contributed by atoms with van der Waals surface area (Å²) in [5.74, 6) is 1.22. The Bertz CT molecular complexity index is 338. The second-order valence-electron chi connectivity index (χ2n) is 4.43. The van der Waals surface area contributed by atoms with Crippen molar-refractivity contribution in [1.29, 1.82) is 0 Å². The zero-order valence-electron chi connectivity index (χ0n) is 9.97. The molecule has 1 aromatic rings. The van der Waals surface area contributed by atoms with Crippen LogP contribution < -0.4 is 0 Å². The van der Waals surface area contributed by atoms with Gasteiger partial charge in [-0.1, -0.05) is 0 Å². The molecule has 16 heavy (non-hydrogen) atoms. The van der Waals surface area contributed by atoms with Crippen LogP contribution in [0.15, 0.2) is 12.4 Å². The van der Waals surface area contributed by atoms with E-state index in [0.29, 0.717) is 6.42 Å². The fourth-order valence-electron chi connectivity index (χ4n) is 2.41. The number of hydrogen-bond acceptors (Lipinski definition) is 3. The van der Waals surface area contributed by atoms with Gasteiger partial charge in [-0.25, -0.2) is 4.98 Å².